The van der Waals surface area contributed by atoms with Crippen LogP contribution in [0.4, 0.5) is 0 Å². The summed E-state index contributed by atoms with van der Waals surface area (Å²) in [6.07, 6.45) is 0.867. The van der Waals surface area contributed by atoms with E-state index in [1.54, 1.807) is 11.8 Å². The number of benzene rings is 1. The van der Waals surface area contributed by atoms with Gasteiger partial charge in [-0.15, -0.1) is 11.8 Å². The molecule has 0 saturated heterocycles. The zero-order valence-corrected chi connectivity index (χ0v) is 13.2. The third-order valence-corrected chi connectivity index (χ3v) is 3.78. The lowest BCUT2D eigenvalue weighted by Gasteiger charge is -2.09. The summed E-state index contributed by atoms with van der Waals surface area (Å²) in [5.74, 6) is 1.90. The zero-order valence-electron chi connectivity index (χ0n) is 12.3. The summed E-state index contributed by atoms with van der Waals surface area (Å²) < 4.78 is 0. The van der Waals surface area contributed by atoms with E-state index in [1.165, 1.54) is 5.56 Å². The maximum absolute atomic E-state index is 4.54. The highest BCUT2D eigenvalue weighted by Crippen LogP contribution is 2.18. The molecule has 0 atom stereocenters. The van der Waals surface area contributed by atoms with Crippen LogP contribution in [-0.4, -0.2) is 41.3 Å². The Labute approximate surface area is 125 Å². The first-order chi connectivity index (χ1) is 9.63. The number of rotatable bonds is 6. The van der Waals surface area contributed by atoms with Gasteiger partial charge in [-0.05, 0) is 32.6 Å². The van der Waals surface area contributed by atoms with Crippen molar-refractivity contribution in [1.82, 2.24) is 14.9 Å². The molecule has 3 nitrogen and oxygen atoms in total. The van der Waals surface area contributed by atoms with E-state index in [2.05, 4.69) is 59.3 Å². The first-order valence-electron chi connectivity index (χ1n) is 6.79. The fraction of sp³-hybridized carbons (Fsp3) is 0.375. The topological polar surface area (TPSA) is 29.0 Å². The van der Waals surface area contributed by atoms with Gasteiger partial charge >= 0.3 is 0 Å². The highest BCUT2D eigenvalue weighted by molar-refractivity contribution is 7.99. The molecule has 0 radical (unpaired) electrons. The van der Waals surface area contributed by atoms with Gasteiger partial charge in [0.2, 0.25) is 0 Å². The quantitative estimate of drug-likeness (QED) is 0.603. The van der Waals surface area contributed by atoms with E-state index in [1.807, 2.05) is 13.0 Å². The van der Waals surface area contributed by atoms with Gasteiger partial charge in [0.05, 0.1) is 0 Å². The summed E-state index contributed by atoms with van der Waals surface area (Å²) in [5, 5.41) is 1.07. The molecule has 0 fully saturated rings. The van der Waals surface area contributed by atoms with Crippen LogP contribution in [0.5, 0.6) is 0 Å². The van der Waals surface area contributed by atoms with E-state index in [9.17, 15) is 0 Å². The molecule has 0 unspecified atom stereocenters. The second-order valence-corrected chi connectivity index (χ2v) is 6.17. The molecule has 0 aliphatic heterocycles. The molecule has 4 heteroatoms. The van der Waals surface area contributed by atoms with E-state index in [0.717, 1.165) is 35.3 Å². The minimum Gasteiger partial charge on any atom is -0.309 e. The number of hydrogen-bond acceptors (Lipinski definition) is 4. The monoisotopic (exact) mass is 287 g/mol. The van der Waals surface area contributed by atoms with E-state index in [4.69, 9.17) is 0 Å². The molecule has 1 aromatic carbocycles. The van der Waals surface area contributed by atoms with Crippen molar-refractivity contribution in [1.29, 1.82) is 0 Å². The summed E-state index contributed by atoms with van der Waals surface area (Å²) in [6.45, 7) is 3.02. The molecule has 1 heterocycles. The van der Waals surface area contributed by atoms with Gasteiger partial charge < -0.3 is 4.90 Å². The fourth-order valence-electron chi connectivity index (χ4n) is 1.90. The van der Waals surface area contributed by atoms with Crippen molar-refractivity contribution in [3.05, 3.63) is 53.5 Å². The zero-order chi connectivity index (χ0) is 14.4. The Bertz CT molecular complexity index is 541. The second kappa shape index (κ2) is 7.41. The Balaban J connectivity index is 2.04. The molecule has 0 amide bonds. The molecule has 0 aliphatic carbocycles. The van der Waals surface area contributed by atoms with Crippen LogP contribution in [0, 0.1) is 6.92 Å². The molecule has 106 valence electrons. The SMILES string of the molecule is Cc1nc(Cc2ccccc2)cc(SCCN(C)C)n1. The van der Waals surface area contributed by atoms with E-state index < -0.39 is 0 Å². The summed E-state index contributed by atoms with van der Waals surface area (Å²) >= 11 is 1.79. The first kappa shape index (κ1) is 15.0. The van der Waals surface area contributed by atoms with Gasteiger partial charge in [0, 0.05) is 24.4 Å². The van der Waals surface area contributed by atoms with Crippen molar-refractivity contribution in [3.8, 4) is 0 Å². The predicted molar refractivity (Wildman–Crippen MR) is 85.3 cm³/mol. The van der Waals surface area contributed by atoms with Crippen LogP contribution >= 0.6 is 11.8 Å². The molecule has 0 N–H and O–H groups in total. The largest absolute Gasteiger partial charge is 0.309 e. The molecule has 2 rings (SSSR count). The smallest absolute Gasteiger partial charge is 0.126 e. The maximum Gasteiger partial charge on any atom is 0.126 e. The summed E-state index contributed by atoms with van der Waals surface area (Å²) in [6, 6.07) is 12.6. The van der Waals surface area contributed by atoms with E-state index in [0.29, 0.717) is 0 Å². The number of thioether (sulfide) groups is 1. The van der Waals surface area contributed by atoms with Crippen LogP contribution in [-0.2, 0) is 6.42 Å². The number of hydrogen-bond donors (Lipinski definition) is 0. The number of aromatic nitrogens is 2. The lowest BCUT2D eigenvalue weighted by molar-refractivity contribution is 0.437. The lowest BCUT2D eigenvalue weighted by atomic mass is 10.1. The van der Waals surface area contributed by atoms with Crippen LogP contribution in [0.15, 0.2) is 41.4 Å². The summed E-state index contributed by atoms with van der Waals surface area (Å²) in [5.41, 5.74) is 2.38. The average Bonchev–Trinajstić information content (AvgIpc) is 2.38. The molecule has 0 bridgehead atoms. The van der Waals surface area contributed by atoms with Gasteiger partial charge in [-0.25, -0.2) is 9.97 Å². The van der Waals surface area contributed by atoms with Gasteiger partial charge in [0.25, 0.3) is 0 Å². The fourth-order valence-corrected chi connectivity index (χ4v) is 2.98. The summed E-state index contributed by atoms with van der Waals surface area (Å²) in [7, 11) is 4.18. The molecule has 20 heavy (non-hydrogen) atoms. The molecule has 0 saturated carbocycles. The molecule has 2 aromatic rings. The maximum atomic E-state index is 4.54. The van der Waals surface area contributed by atoms with Crippen LogP contribution in [0.1, 0.15) is 17.1 Å². The Morgan fingerprint density at radius 3 is 2.55 bits per heavy atom. The van der Waals surface area contributed by atoms with Gasteiger partial charge in [-0.1, -0.05) is 30.3 Å². The minimum atomic E-state index is 0.853. The lowest BCUT2D eigenvalue weighted by Crippen LogP contribution is -2.14. The van der Waals surface area contributed by atoms with E-state index >= 15 is 0 Å². The Morgan fingerprint density at radius 2 is 1.85 bits per heavy atom. The molecular weight excluding hydrogens is 266 g/mol. The van der Waals surface area contributed by atoms with Crippen LogP contribution in [0.3, 0.4) is 0 Å². The predicted octanol–water partition coefficient (Wildman–Crippen LogP) is 3.03. The standard InChI is InChI=1S/C16H21N3S/c1-13-17-15(11-14-7-5-4-6-8-14)12-16(18-13)20-10-9-19(2)3/h4-8,12H,9-11H2,1-3H3. The number of aryl methyl sites for hydroxylation is 1. The van der Waals surface area contributed by atoms with Crippen LogP contribution < -0.4 is 0 Å². The highest BCUT2D eigenvalue weighted by Gasteiger charge is 2.04. The summed E-state index contributed by atoms with van der Waals surface area (Å²) in [4.78, 5) is 11.2. The Hall–Kier alpha value is -1.39. The Kier molecular flexibility index (Phi) is 5.56. The van der Waals surface area contributed by atoms with Gasteiger partial charge in [-0.2, -0.15) is 0 Å². The van der Waals surface area contributed by atoms with Crippen molar-refractivity contribution in [2.45, 2.75) is 18.4 Å². The molecular formula is C16H21N3S. The van der Waals surface area contributed by atoms with Crippen LogP contribution in [0.25, 0.3) is 0 Å². The van der Waals surface area contributed by atoms with Crippen molar-refractivity contribution in [3.63, 3.8) is 0 Å². The van der Waals surface area contributed by atoms with Crippen molar-refractivity contribution >= 4 is 11.8 Å². The highest BCUT2D eigenvalue weighted by atomic mass is 32.2. The van der Waals surface area contributed by atoms with Crippen molar-refractivity contribution < 1.29 is 0 Å². The number of nitrogens with zero attached hydrogens (tertiary/aromatic N) is 3. The molecule has 0 aliphatic rings. The van der Waals surface area contributed by atoms with Gasteiger partial charge in [0.15, 0.2) is 0 Å². The second-order valence-electron chi connectivity index (χ2n) is 5.06. The van der Waals surface area contributed by atoms with Gasteiger partial charge in [0.1, 0.15) is 10.9 Å². The van der Waals surface area contributed by atoms with E-state index in [-0.39, 0.29) is 0 Å². The van der Waals surface area contributed by atoms with Crippen molar-refractivity contribution in [2.75, 3.05) is 26.4 Å². The molecule has 1 aromatic heterocycles. The third-order valence-electron chi connectivity index (χ3n) is 2.88. The third kappa shape index (κ3) is 4.94. The Morgan fingerprint density at radius 1 is 1.10 bits per heavy atom. The molecule has 0 spiro atoms. The first-order valence-corrected chi connectivity index (χ1v) is 7.78. The van der Waals surface area contributed by atoms with Gasteiger partial charge in [-0.3, -0.25) is 0 Å². The van der Waals surface area contributed by atoms with Crippen LogP contribution in [0.2, 0.25) is 0 Å². The normalized spacial score (nSPS) is 11.0. The van der Waals surface area contributed by atoms with Crippen molar-refractivity contribution in [2.24, 2.45) is 0 Å². The average molecular weight is 287 g/mol. The minimum absolute atomic E-state index is 0.853.